The van der Waals surface area contributed by atoms with Crippen LogP contribution in [0, 0.1) is 0 Å². The molecular weight excluding hydrogens is 202 g/mol. The first-order valence-electron chi connectivity index (χ1n) is 5.15. The van der Waals surface area contributed by atoms with Crippen molar-refractivity contribution < 1.29 is 4.74 Å². The highest BCUT2D eigenvalue weighted by atomic mass is 16.5. The summed E-state index contributed by atoms with van der Waals surface area (Å²) in [6.45, 7) is 1.90. The average Bonchev–Trinajstić information content (AvgIpc) is 2.78. The first-order chi connectivity index (χ1) is 7.70. The van der Waals surface area contributed by atoms with Gasteiger partial charge in [0.25, 0.3) is 0 Å². The molecule has 0 unspecified atom stereocenters. The summed E-state index contributed by atoms with van der Waals surface area (Å²) in [6.07, 6.45) is 1.79. The van der Waals surface area contributed by atoms with Crippen molar-refractivity contribution in [2.75, 3.05) is 7.11 Å². The molecule has 0 spiro atoms. The van der Waals surface area contributed by atoms with Crippen LogP contribution < -0.4 is 10.5 Å². The van der Waals surface area contributed by atoms with Gasteiger partial charge in [0, 0.05) is 5.56 Å². The lowest BCUT2D eigenvalue weighted by atomic mass is 10.1. The quantitative estimate of drug-likeness (QED) is 0.827. The van der Waals surface area contributed by atoms with E-state index in [2.05, 4.69) is 9.97 Å². The number of hydrogen-bond acceptors (Lipinski definition) is 3. The van der Waals surface area contributed by atoms with Gasteiger partial charge in [0.05, 0.1) is 25.0 Å². The lowest BCUT2D eigenvalue weighted by Gasteiger charge is -2.02. The monoisotopic (exact) mass is 217 g/mol. The molecule has 0 aliphatic carbocycles. The molecule has 84 valence electrons. The number of nitrogens with two attached hydrogens (primary N) is 1. The van der Waals surface area contributed by atoms with Crippen LogP contribution in [-0.4, -0.2) is 17.1 Å². The number of hydrogen-bond donors (Lipinski definition) is 2. The van der Waals surface area contributed by atoms with Crippen molar-refractivity contribution in [1.82, 2.24) is 9.97 Å². The topological polar surface area (TPSA) is 63.9 Å². The van der Waals surface area contributed by atoms with Gasteiger partial charge in [0.15, 0.2) is 0 Å². The van der Waals surface area contributed by atoms with E-state index in [1.54, 1.807) is 13.3 Å². The number of rotatable bonds is 3. The van der Waals surface area contributed by atoms with Crippen LogP contribution >= 0.6 is 0 Å². The number of ether oxygens (including phenoxy) is 1. The second-order valence-corrected chi connectivity index (χ2v) is 3.70. The molecule has 1 heterocycles. The normalized spacial score (nSPS) is 12.4. The molecule has 4 nitrogen and oxygen atoms in total. The van der Waals surface area contributed by atoms with Gasteiger partial charge in [-0.3, -0.25) is 0 Å². The Morgan fingerprint density at radius 2 is 2.25 bits per heavy atom. The van der Waals surface area contributed by atoms with Crippen LogP contribution in [0.2, 0.25) is 0 Å². The largest absolute Gasteiger partial charge is 0.497 e. The van der Waals surface area contributed by atoms with E-state index in [9.17, 15) is 0 Å². The Morgan fingerprint density at radius 1 is 1.44 bits per heavy atom. The van der Waals surface area contributed by atoms with Crippen LogP contribution in [0.1, 0.15) is 18.8 Å². The van der Waals surface area contributed by atoms with E-state index >= 15 is 0 Å². The first kappa shape index (κ1) is 10.7. The Hall–Kier alpha value is -1.81. The fourth-order valence-electron chi connectivity index (χ4n) is 1.51. The van der Waals surface area contributed by atoms with Crippen LogP contribution in [-0.2, 0) is 0 Å². The van der Waals surface area contributed by atoms with E-state index in [1.165, 1.54) is 0 Å². The minimum atomic E-state index is -0.0839. The molecule has 1 aromatic heterocycles. The second-order valence-electron chi connectivity index (χ2n) is 3.70. The number of aromatic nitrogens is 2. The highest BCUT2D eigenvalue weighted by Crippen LogP contribution is 2.22. The van der Waals surface area contributed by atoms with Crippen molar-refractivity contribution in [2.24, 2.45) is 5.73 Å². The van der Waals surface area contributed by atoms with E-state index in [-0.39, 0.29) is 6.04 Å². The predicted octanol–water partition coefficient (Wildman–Crippen LogP) is 2.10. The summed E-state index contributed by atoms with van der Waals surface area (Å²) < 4.78 is 5.17. The molecule has 0 bridgehead atoms. The van der Waals surface area contributed by atoms with E-state index in [4.69, 9.17) is 10.5 Å². The van der Waals surface area contributed by atoms with Crippen molar-refractivity contribution in [3.63, 3.8) is 0 Å². The van der Waals surface area contributed by atoms with Gasteiger partial charge in [0.2, 0.25) is 0 Å². The van der Waals surface area contributed by atoms with Gasteiger partial charge in [-0.2, -0.15) is 0 Å². The molecule has 4 heteroatoms. The third-order valence-electron chi connectivity index (χ3n) is 2.41. The summed E-state index contributed by atoms with van der Waals surface area (Å²) in [7, 11) is 1.65. The van der Waals surface area contributed by atoms with Crippen LogP contribution in [0.5, 0.6) is 5.75 Å². The molecule has 0 aliphatic heterocycles. The molecule has 0 saturated heterocycles. The lowest BCUT2D eigenvalue weighted by molar-refractivity contribution is 0.415. The molecule has 1 atom stereocenters. The summed E-state index contributed by atoms with van der Waals surface area (Å²) >= 11 is 0. The molecule has 0 aliphatic rings. The van der Waals surface area contributed by atoms with Gasteiger partial charge < -0.3 is 15.5 Å². The van der Waals surface area contributed by atoms with Crippen LogP contribution in [0.4, 0.5) is 0 Å². The zero-order chi connectivity index (χ0) is 11.5. The summed E-state index contributed by atoms with van der Waals surface area (Å²) in [6, 6.07) is 7.73. The average molecular weight is 217 g/mol. The fraction of sp³-hybridized carbons (Fsp3) is 0.250. The van der Waals surface area contributed by atoms with Crippen molar-refractivity contribution in [1.29, 1.82) is 0 Å². The minimum absolute atomic E-state index is 0.0839. The first-order valence-corrected chi connectivity index (χ1v) is 5.15. The van der Waals surface area contributed by atoms with Gasteiger partial charge in [-0.15, -0.1) is 0 Å². The molecule has 0 amide bonds. The highest BCUT2D eigenvalue weighted by molar-refractivity contribution is 5.60. The van der Waals surface area contributed by atoms with Gasteiger partial charge >= 0.3 is 0 Å². The molecule has 0 fully saturated rings. The SMILES string of the molecule is COc1cccc(-c2cnc([C@H](C)N)[nH]2)c1. The van der Waals surface area contributed by atoms with Gasteiger partial charge in [-0.05, 0) is 19.1 Å². The molecule has 0 saturated carbocycles. The smallest absolute Gasteiger partial charge is 0.123 e. The lowest BCUT2D eigenvalue weighted by Crippen LogP contribution is -2.06. The number of nitrogens with one attached hydrogen (secondary N) is 1. The third kappa shape index (κ3) is 2.06. The van der Waals surface area contributed by atoms with Crippen molar-refractivity contribution in [2.45, 2.75) is 13.0 Å². The van der Waals surface area contributed by atoms with E-state index in [0.717, 1.165) is 22.8 Å². The molecule has 2 aromatic rings. The maximum Gasteiger partial charge on any atom is 0.123 e. The van der Waals surface area contributed by atoms with Crippen LogP contribution in [0.3, 0.4) is 0 Å². The van der Waals surface area contributed by atoms with Gasteiger partial charge in [-0.1, -0.05) is 12.1 Å². The summed E-state index contributed by atoms with van der Waals surface area (Å²) in [5.74, 6) is 1.62. The Bertz CT molecular complexity index is 477. The summed E-state index contributed by atoms with van der Waals surface area (Å²) in [5, 5.41) is 0. The van der Waals surface area contributed by atoms with Crippen molar-refractivity contribution in [3.8, 4) is 17.0 Å². The Morgan fingerprint density at radius 3 is 2.88 bits per heavy atom. The number of aromatic amines is 1. The van der Waals surface area contributed by atoms with Crippen molar-refractivity contribution >= 4 is 0 Å². The highest BCUT2D eigenvalue weighted by Gasteiger charge is 2.06. The molecule has 1 aromatic carbocycles. The molecule has 3 N–H and O–H groups in total. The molecular formula is C12H15N3O. The molecule has 2 rings (SSSR count). The maximum absolute atomic E-state index is 5.74. The van der Waals surface area contributed by atoms with Crippen LogP contribution in [0.15, 0.2) is 30.5 Å². The van der Waals surface area contributed by atoms with Crippen molar-refractivity contribution in [3.05, 3.63) is 36.3 Å². The second kappa shape index (κ2) is 4.37. The summed E-state index contributed by atoms with van der Waals surface area (Å²) in [4.78, 5) is 7.41. The molecule has 0 radical (unpaired) electrons. The van der Waals surface area contributed by atoms with E-state index in [1.807, 2.05) is 31.2 Å². The Balaban J connectivity index is 2.34. The third-order valence-corrected chi connectivity index (χ3v) is 2.41. The fourth-order valence-corrected chi connectivity index (χ4v) is 1.51. The number of methoxy groups -OCH3 is 1. The van der Waals surface area contributed by atoms with Gasteiger partial charge in [0.1, 0.15) is 11.6 Å². The number of benzene rings is 1. The zero-order valence-electron chi connectivity index (χ0n) is 9.40. The van der Waals surface area contributed by atoms with Crippen LogP contribution in [0.25, 0.3) is 11.3 Å². The summed E-state index contributed by atoms with van der Waals surface area (Å²) in [5.41, 5.74) is 7.73. The standard InChI is InChI=1S/C12H15N3O/c1-8(13)12-14-7-11(15-12)9-4-3-5-10(6-9)16-2/h3-8H,13H2,1-2H3,(H,14,15)/t8-/m0/s1. The van der Waals surface area contributed by atoms with E-state index in [0.29, 0.717) is 0 Å². The van der Waals surface area contributed by atoms with Gasteiger partial charge in [-0.25, -0.2) is 4.98 Å². The Labute approximate surface area is 94.5 Å². The number of nitrogens with zero attached hydrogens (tertiary/aromatic N) is 1. The molecule has 16 heavy (non-hydrogen) atoms. The number of H-pyrrole nitrogens is 1. The number of imidazole rings is 1. The zero-order valence-corrected chi connectivity index (χ0v) is 9.40. The Kier molecular flexibility index (Phi) is 2.92. The predicted molar refractivity (Wildman–Crippen MR) is 63.2 cm³/mol. The van der Waals surface area contributed by atoms with E-state index < -0.39 is 0 Å². The maximum atomic E-state index is 5.74. The minimum Gasteiger partial charge on any atom is -0.497 e.